The number of hydrazine groups is 1. The molecule has 0 saturated heterocycles. The second kappa shape index (κ2) is 10.7. The Kier molecular flexibility index (Phi) is 7.70. The standard InChI is InChI=1S/C18H17ClN8O3S2/c1-12(28)24-13-6-8-14(9-7-13)32(29,30)23-11-21-20-10-22-26-18-27-25-17(31-18)15-4-2-3-5-16(15)19/h2-11H,1H3,(H,20,22)(H,21,23)(H,24,28)(H,26,27). The normalized spacial score (nSPS) is 11.6. The molecule has 1 heterocycles. The fraction of sp³-hybridized carbons (Fsp3) is 0.0556. The van der Waals surface area contributed by atoms with Gasteiger partial charge >= 0.3 is 0 Å². The van der Waals surface area contributed by atoms with Gasteiger partial charge in [-0.2, -0.15) is 13.5 Å². The summed E-state index contributed by atoms with van der Waals surface area (Å²) < 4.78 is 27.8. The van der Waals surface area contributed by atoms with Crippen LogP contribution in [-0.4, -0.2) is 37.2 Å². The smallest absolute Gasteiger partial charge is 0.283 e. The number of nitrogens with one attached hydrogen (secondary N) is 4. The van der Waals surface area contributed by atoms with Crippen molar-refractivity contribution in [1.29, 1.82) is 0 Å². The van der Waals surface area contributed by atoms with Gasteiger partial charge in [0, 0.05) is 18.2 Å². The number of sulfonamides is 1. The Morgan fingerprint density at radius 1 is 1.06 bits per heavy atom. The number of hydrogen-bond donors (Lipinski definition) is 4. The molecule has 0 bridgehead atoms. The molecule has 0 spiro atoms. The second-order valence-electron chi connectivity index (χ2n) is 5.97. The van der Waals surface area contributed by atoms with E-state index in [9.17, 15) is 13.2 Å². The molecular formula is C18H17ClN8O3S2. The third-order valence-electron chi connectivity index (χ3n) is 3.63. The first-order chi connectivity index (χ1) is 15.3. The van der Waals surface area contributed by atoms with Gasteiger partial charge in [0.25, 0.3) is 10.0 Å². The topological polar surface area (TPSA) is 150 Å². The summed E-state index contributed by atoms with van der Waals surface area (Å²) in [7, 11) is -3.90. The molecule has 0 atom stereocenters. The van der Waals surface area contributed by atoms with Gasteiger partial charge in [-0.1, -0.05) is 41.1 Å². The van der Waals surface area contributed by atoms with Crippen molar-refractivity contribution < 1.29 is 13.2 Å². The quantitative estimate of drug-likeness (QED) is 0.154. The Morgan fingerprint density at radius 2 is 1.78 bits per heavy atom. The first kappa shape index (κ1) is 23.1. The molecule has 32 heavy (non-hydrogen) atoms. The van der Waals surface area contributed by atoms with Crippen LogP contribution in [-0.2, 0) is 14.8 Å². The number of nitrogens with zero attached hydrogens (tertiary/aromatic N) is 4. The molecule has 14 heteroatoms. The molecular weight excluding hydrogens is 476 g/mol. The summed E-state index contributed by atoms with van der Waals surface area (Å²) in [5, 5.41) is 16.1. The number of benzene rings is 2. The lowest BCUT2D eigenvalue weighted by atomic mass is 10.2. The Labute approximate surface area is 192 Å². The summed E-state index contributed by atoms with van der Waals surface area (Å²) in [5.74, 6) is -0.253. The molecule has 11 nitrogen and oxygen atoms in total. The number of carbonyl (C=O) groups excluding carboxylic acids is 1. The maximum Gasteiger partial charge on any atom is 0.283 e. The summed E-state index contributed by atoms with van der Waals surface area (Å²) in [6, 6.07) is 12.9. The SMILES string of the molecule is CC(=O)Nc1ccc(S(=O)(=O)/N=C/NN/C=N/Nc2nnc(-c3ccccc3Cl)s2)cc1. The van der Waals surface area contributed by atoms with Crippen molar-refractivity contribution in [3.05, 3.63) is 53.6 Å². The maximum absolute atomic E-state index is 12.2. The number of hydrogen-bond acceptors (Lipinski definition) is 8. The monoisotopic (exact) mass is 492 g/mol. The van der Waals surface area contributed by atoms with Crippen molar-refractivity contribution in [2.45, 2.75) is 11.8 Å². The van der Waals surface area contributed by atoms with E-state index in [1.54, 1.807) is 6.07 Å². The van der Waals surface area contributed by atoms with Gasteiger partial charge in [-0.25, -0.2) is 5.43 Å². The third-order valence-corrected chi connectivity index (χ3v) is 6.07. The van der Waals surface area contributed by atoms with Crippen molar-refractivity contribution in [1.82, 2.24) is 21.0 Å². The second-order valence-corrected chi connectivity index (χ2v) is 8.98. The molecule has 0 unspecified atom stereocenters. The van der Waals surface area contributed by atoms with E-state index in [2.05, 4.69) is 41.3 Å². The molecule has 1 amide bonds. The minimum absolute atomic E-state index is 0.0226. The Bertz CT molecular complexity index is 1240. The Balaban J connectivity index is 1.46. The van der Waals surface area contributed by atoms with Crippen LogP contribution in [0.15, 0.2) is 62.9 Å². The van der Waals surface area contributed by atoms with E-state index in [0.29, 0.717) is 20.8 Å². The first-order valence-electron chi connectivity index (χ1n) is 8.88. The molecule has 2 aromatic carbocycles. The molecule has 0 saturated carbocycles. The number of carbonyl (C=O) groups is 1. The molecule has 3 aromatic rings. The van der Waals surface area contributed by atoms with Crippen molar-refractivity contribution in [3.8, 4) is 10.6 Å². The van der Waals surface area contributed by atoms with Crippen molar-refractivity contribution in [3.63, 3.8) is 0 Å². The number of anilines is 2. The number of amides is 1. The molecule has 166 valence electrons. The molecule has 0 fully saturated rings. The van der Waals surface area contributed by atoms with Gasteiger partial charge in [-0.15, -0.1) is 14.6 Å². The van der Waals surface area contributed by atoms with Gasteiger partial charge in [-0.3, -0.25) is 15.6 Å². The summed E-state index contributed by atoms with van der Waals surface area (Å²) >= 11 is 7.40. The van der Waals surface area contributed by atoms with Crippen LogP contribution < -0.4 is 21.6 Å². The fourth-order valence-electron chi connectivity index (χ4n) is 2.28. The molecule has 1 aromatic heterocycles. The van der Waals surface area contributed by atoms with Crippen LogP contribution >= 0.6 is 22.9 Å². The maximum atomic E-state index is 12.2. The minimum atomic E-state index is -3.90. The fourth-order valence-corrected chi connectivity index (χ4v) is 4.08. The first-order valence-corrected chi connectivity index (χ1v) is 11.5. The zero-order chi connectivity index (χ0) is 23.0. The Morgan fingerprint density at radius 3 is 2.50 bits per heavy atom. The van der Waals surface area contributed by atoms with E-state index in [4.69, 9.17) is 11.6 Å². The number of aromatic nitrogens is 2. The predicted octanol–water partition coefficient (Wildman–Crippen LogP) is 2.68. The summed E-state index contributed by atoms with van der Waals surface area (Å²) in [5.41, 5.74) is 8.92. The van der Waals surface area contributed by atoms with Gasteiger partial charge in [0.2, 0.25) is 11.0 Å². The van der Waals surface area contributed by atoms with Gasteiger partial charge in [-0.05, 0) is 30.3 Å². The van der Waals surface area contributed by atoms with Crippen molar-refractivity contribution in [2.24, 2.45) is 9.50 Å². The van der Waals surface area contributed by atoms with Crippen LogP contribution in [0.3, 0.4) is 0 Å². The van der Waals surface area contributed by atoms with Gasteiger partial charge in [0.15, 0.2) is 5.01 Å². The molecule has 0 aliphatic heterocycles. The van der Waals surface area contributed by atoms with Crippen LogP contribution in [0.5, 0.6) is 0 Å². The van der Waals surface area contributed by atoms with E-state index in [1.165, 1.54) is 48.9 Å². The van der Waals surface area contributed by atoms with Gasteiger partial charge < -0.3 is 5.32 Å². The van der Waals surface area contributed by atoms with E-state index < -0.39 is 10.0 Å². The van der Waals surface area contributed by atoms with E-state index in [-0.39, 0.29) is 10.8 Å². The lowest BCUT2D eigenvalue weighted by Crippen LogP contribution is -2.29. The lowest BCUT2D eigenvalue weighted by Gasteiger charge is -2.03. The van der Waals surface area contributed by atoms with Crippen LogP contribution in [0.25, 0.3) is 10.6 Å². The molecule has 0 aliphatic rings. The average molecular weight is 493 g/mol. The molecule has 3 rings (SSSR count). The molecule has 0 aliphatic carbocycles. The minimum Gasteiger partial charge on any atom is -0.326 e. The van der Waals surface area contributed by atoms with Crippen LogP contribution in [0.2, 0.25) is 5.02 Å². The molecule has 4 N–H and O–H groups in total. The zero-order valence-corrected chi connectivity index (χ0v) is 18.9. The lowest BCUT2D eigenvalue weighted by molar-refractivity contribution is -0.114. The van der Waals surface area contributed by atoms with E-state index in [1.807, 2.05) is 18.2 Å². The largest absolute Gasteiger partial charge is 0.326 e. The summed E-state index contributed by atoms with van der Waals surface area (Å²) in [6.07, 6.45) is 2.20. The van der Waals surface area contributed by atoms with Crippen LogP contribution in [0, 0.1) is 0 Å². The summed E-state index contributed by atoms with van der Waals surface area (Å²) in [6.45, 7) is 1.36. The number of halogens is 1. The predicted molar refractivity (Wildman–Crippen MR) is 125 cm³/mol. The Hall–Kier alpha value is -3.55. The number of rotatable bonds is 9. The highest BCUT2D eigenvalue weighted by Gasteiger charge is 2.11. The van der Waals surface area contributed by atoms with Gasteiger partial charge in [0.05, 0.1) is 9.92 Å². The van der Waals surface area contributed by atoms with Crippen LogP contribution in [0.4, 0.5) is 10.8 Å². The highest BCUT2D eigenvalue weighted by Crippen LogP contribution is 2.31. The van der Waals surface area contributed by atoms with Crippen molar-refractivity contribution in [2.75, 3.05) is 10.7 Å². The van der Waals surface area contributed by atoms with Crippen molar-refractivity contribution >= 4 is 62.4 Å². The van der Waals surface area contributed by atoms with Gasteiger partial charge in [0.1, 0.15) is 12.7 Å². The van der Waals surface area contributed by atoms with Crippen LogP contribution in [0.1, 0.15) is 6.92 Å². The average Bonchev–Trinajstić information content (AvgIpc) is 3.22. The zero-order valence-electron chi connectivity index (χ0n) is 16.5. The van der Waals surface area contributed by atoms with E-state index in [0.717, 1.165) is 11.9 Å². The van der Waals surface area contributed by atoms with E-state index >= 15 is 0 Å². The number of hydrazone groups is 1. The third kappa shape index (κ3) is 6.47. The highest BCUT2D eigenvalue weighted by molar-refractivity contribution is 7.90. The highest BCUT2D eigenvalue weighted by atomic mass is 35.5. The molecule has 0 radical (unpaired) electrons. The summed E-state index contributed by atoms with van der Waals surface area (Å²) in [4.78, 5) is 11.0.